The SMILES string of the molecule is CC#CC(=O)N1CCc2c(sc3ncnc(NC(CO)c4ccccc4)c23)C1. The van der Waals surface area contributed by atoms with E-state index in [1.807, 2.05) is 30.3 Å². The first-order valence-corrected chi connectivity index (χ1v) is 9.92. The van der Waals surface area contributed by atoms with E-state index in [1.165, 1.54) is 11.9 Å². The third-order valence-electron chi connectivity index (χ3n) is 4.85. The summed E-state index contributed by atoms with van der Waals surface area (Å²) in [6, 6.07) is 9.56. The number of anilines is 1. The molecular formula is C21H20N4O2S. The highest BCUT2D eigenvalue weighted by Gasteiger charge is 2.26. The largest absolute Gasteiger partial charge is 0.394 e. The molecule has 2 N–H and O–H groups in total. The van der Waals surface area contributed by atoms with Gasteiger partial charge in [-0.25, -0.2) is 9.97 Å². The van der Waals surface area contributed by atoms with E-state index in [1.54, 1.807) is 23.2 Å². The van der Waals surface area contributed by atoms with Crippen LogP contribution < -0.4 is 5.32 Å². The molecule has 1 atom stereocenters. The predicted molar refractivity (Wildman–Crippen MR) is 110 cm³/mol. The van der Waals surface area contributed by atoms with E-state index >= 15 is 0 Å². The number of hydrogen-bond donors (Lipinski definition) is 2. The molecule has 6 nitrogen and oxygen atoms in total. The Balaban J connectivity index is 1.68. The number of nitrogens with zero attached hydrogens (tertiary/aromatic N) is 3. The lowest BCUT2D eigenvalue weighted by Crippen LogP contribution is -2.34. The fourth-order valence-corrected chi connectivity index (χ4v) is 4.68. The topological polar surface area (TPSA) is 78.4 Å². The summed E-state index contributed by atoms with van der Waals surface area (Å²) in [7, 11) is 0. The molecule has 2 aromatic heterocycles. The number of rotatable bonds is 4. The van der Waals surface area contributed by atoms with Gasteiger partial charge >= 0.3 is 0 Å². The quantitative estimate of drug-likeness (QED) is 0.668. The molecule has 0 spiro atoms. The molecule has 1 aromatic carbocycles. The van der Waals surface area contributed by atoms with Crippen LogP contribution in [0.5, 0.6) is 0 Å². The molecule has 0 fully saturated rings. The van der Waals surface area contributed by atoms with Crippen molar-refractivity contribution in [2.24, 2.45) is 0 Å². The number of carbonyl (C=O) groups excluding carboxylic acids is 1. The third-order valence-corrected chi connectivity index (χ3v) is 5.98. The van der Waals surface area contributed by atoms with Gasteiger partial charge in [0, 0.05) is 11.4 Å². The van der Waals surface area contributed by atoms with Crippen molar-refractivity contribution in [3.8, 4) is 11.8 Å². The molecule has 0 saturated carbocycles. The number of amides is 1. The number of aliphatic hydroxyl groups excluding tert-OH is 1. The Bertz CT molecular complexity index is 1070. The molecular weight excluding hydrogens is 372 g/mol. The zero-order valence-electron chi connectivity index (χ0n) is 15.5. The number of thiophene rings is 1. The van der Waals surface area contributed by atoms with Crippen molar-refractivity contribution in [3.05, 3.63) is 52.7 Å². The zero-order valence-corrected chi connectivity index (χ0v) is 16.3. The first-order valence-electron chi connectivity index (χ1n) is 9.10. The van der Waals surface area contributed by atoms with Crippen LogP contribution in [0.25, 0.3) is 10.2 Å². The van der Waals surface area contributed by atoms with Gasteiger partial charge in [-0.15, -0.1) is 11.3 Å². The van der Waals surface area contributed by atoms with Crippen LogP contribution in [0, 0.1) is 11.8 Å². The predicted octanol–water partition coefficient (Wildman–Crippen LogP) is 2.74. The van der Waals surface area contributed by atoms with Crippen molar-refractivity contribution in [2.45, 2.75) is 25.9 Å². The summed E-state index contributed by atoms with van der Waals surface area (Å²) >= 11 is 1.59. The first-order chi connectivity index (χ1) is 13.7. The second-order valence-electron chi connectivity index (χ2n) is 6.55. The van der Waals surface area contributed by atoms with Gasteiger partial charge in [0.2, 0.25) is 0 Å². The second kappa shape index (κ2) is 7.97. The molecule has 3 heterocycles. The molecule has 7 heteroatoms. The summed E-state index contributed by atoms with van der Waals surface area (Å²) in [6.45, 7) is 2.80. The average molecular weight is 392 g/mol. The maximum absolute atomic E-state index is 12.1. The molecule has 1 aliphatic heterocycles. The highest BCUT2D eigenvalue weighted by molar-refractivity contribution is 7.19. The van der Waals surface area contributed by atoms with Gasteiger partial charge in [-0.05, 0) is 30.4 Å². The smallest absolute Gasteiger partial charge is 0.298 e. The average Bonchev–Trinajstić information content (AvgIpc) is 3.11. The maximum Gasteiger partial charge on any atom is 0.298 e. The lowest BCUT2D eigenvalue weighted by molar-refractivity contribution is -0.125. The summed E-state index contributed by atoms with van der Waals surface area (Å²) in [6.07, 6.45) is 2.28. The Morgan fingerprint density at radius 3 is 2.93 bits per heavy atom. The van der Waals surface area contributed by atoms with Gasteiger partial charge in [0.05, 0.1) is 24.6 Å². The van der Waals surface area contributed by atoms with Crippen LogP contribution in [-0.2, 0) is 17.8 Å². The highest BCUT2D eigenvalue weighted by atomic mass is 32.1. The Kier molecular flexibility index (Phi) is 5.24. The van der Waals surface area contributed by atoms with Crippen molar-refractivity contribution in [2.75, 3.05) is 18.5 Å². The fraction of sp³-hybridized carbons (Fsp3) is 0.286. The van der Waals surface area contributed by atoms with Crippen molar-refractivity contribution in [1.29, 1.82) is 0 Å². The van der Waals surface area contributed by atoms with Crippen LogP contribution >= 0.6 is 11.3 Å². The van der Waals surface area contributed by atoms with E-state index in [4.69, 9.17) is 0 Å². The van der Waals surface area contributed by atoms with E-state index in [0.717, 1.165) is 32.9 Å². The number of aliphatic hydroxyl groups is 1. The summed E-state index contributed by atoms with van der Waals surface area (Å²) < 4.78 is 0. The molecule has 4 rings (SSSR count). The van der Waals surface area contributed by atoms with Gasteiger partial charge in [0.15, 0.2) is 0 Å². The summed E-state index contributed by atoms with van der Waals surface area (Å²) in [5, 5.41) is 14.3. The minimum absolute atomic E-state index is 0.0419. The molecule has 1 unspecified atom stereocenters. The third kappa shape index (κ3) is 3.44. The summed E-state index contributed by atoms with van der Waals surface area (Å²) in [5.74, 6) is 5.87. The van der Waals surface area contributed by atoms with Gasteiger partial charge in [0.1, 0.15) is 17.0 Å². The minimum Gasteiger partial charge on any atom is -0.394 e. The normalized spacial score (nSPS) is 14.1. The zero-order chi connectivity index (χ0) is 19.5. The molecule has 0 aliphatic carbocycles. The van der Waals surface area contributed by atoms with E-state index in [0.29, 0.717) is 13.1 Å². The van der Waals surface area contributed by atoms with E-state index in [2.05, 4.69) is 27.1 Å². The van der Waals surface area contributed by atoms with Gasteiger partial charge in [-0.1, -0.05) is 36.3 Å². The van der Waals surface area contributed by atoms with Crippen molar-refractivity contribution in [1.82, 2.24) is 14.9 Å². The highest BCUT2D eigenvalue weighted by Crippen LogP contribution is 2.38. The Morgan fingerprint density at radius 1 is 1.36 bits per heavy atom. The number of nitrogens with one attached hydrogen (secondary N) is 1. The van der Waals surface area contributed by atoms with Crippen molar-refractivity contribution < 1.29 is 9.90 Å². The summed E-state index contributed by atoms with van der Waals surface area (Å²) in [4.78, 5) is 24.8. The van der Waals surface area contributed by atoms with Crippen LogP contribution in [0.1, 0.15) is 29.0 Å². The fourth-order valence-electron chi connectivity index (χ4n) is 3.48. The second-order valence-corrected chi connectivity index (χ2v) is 7.63. The van der Waals surface area contributed by atoms with Gasteiger partial charge in [0.25, 0.3) is 5.91 Å². The lowest BCUT2D eigenvalue weighted by atomic mass is 10.0. The van der Waals surface area contributed by atoms with Crippen molar-refractivity contribution >= 4 is 33.3 Å². The van der Waals surface area contributed by atoms with Crippen LogP contribution in [0.4, 0.5) is 5.82 Å². The van der Waals surface area contributed by atoms with Gasteiger partial charge < -0.3 is 15.3 Å². The number of hydrogen-bond acceptors (Lipinski definition) is 6. The monoisotopic (exact) mass is 392 g/mol. The molecule has 3 aromatic rings. The molecule has 1 aliphatic rings. The van der Waals surface area contributed by atoms with E-state index in [9.17, 15) is 9.90 Å². The molecule has 0 saturated heterocycles. The number of carbonyl (C=O) groups is 1. The lowest BCUT2D eigenvalue weighted by Gasteiger charge is -2.25. The number of aromatic nitrogens is 2. The standard InChI is InChI=1S/C21H20N4O2S/c1-2-6-18(27)25-10-9-15-17(11-25)28-21-19(15)20(22-13-23-21)24-16(12-26)14-7-4-3-5-8-14/h3-5,7-8,13,16,26H,9-12H2,1H3,(H,22,23,24). The molecule has 0 bridgehead atoms. The van der Waals surface area contributed by atoms with Gasteiger partial charge in [-0.2, -0.15) is 0 Å². The Morgan fingerprint density at radius 2 is 2.18 bits per heavy atom. The molecule has 28 heavy (non-hydrogen) atoms. The number of fused-ring (bicyclic) bond motifs is 3. The molecule has 142 valence electrons. The Labute approximate surface area is 167 Å². The summed E-state index contributed by atoms with van der Waals surface area (Å²) in [5.41, 5.74) is 2.18. The molecule has 1 amide bonds. The van der Waals surface area contributed by atoms with Crippen molar-refractivity contribution in [3.63, 3.8) is 0 Å². The van der Waals surface area contributed by atoms with E-state index in [-0.39, 0.29) is 18.6 Å². The van der Waals surface area contributed by atoms with E-state index < -0.39 is 0 Å². The molecule has 0 radical (unpaired) electrons. The van der Waals surface area contributed by atoms with Crippen LogP contribution in [0.3, 0.4) is 0 Å². The minimum atomic E-state index is -0.253. The maximum atomic E-state index is 12.1. The van der Waals surface area contributed by atoms with Gasteiger partial charge in [-0.3, -0.25) is 4.79 Å². The van der Waals surface area contributed by atoms with Crippen LogP contribution in [0.2, 0.25) is 0 Å². The van der Waals surface area contributed by atoms with Crippen LogP contribution in [0.15, 0.2) is 36.7 Å². The first kappa shape index (κ1) is 18.4. The number of benzene rings is 1. The Hall–Kier alpha value is -2.95. The van der Waals surface area contributed by atoms with Crippen LogP contribution in [-0.4, -0.2) is 39.0 Å².